The second kappa shape index (κ2) is 4.48. The molecule has 1 aliphatic heterocycles. The predicted molar refractivity (Wildman–Crippen MR) is 59.9 cm³/mol. The summed E-state index contributed by atoms with van der Waals surface area (Å²) in [6.07, 6.45) is -4.77. The Morgan fingerprint density at radius 2 is 1.90 bits per heavy atom. The number of hydrogen-bond acceptors (Lipinski definition) is 3. The molecule has 2 N–H and O–H groups in total. The molecule has 2 rings (SSSR count). The van der Waals surface area contributed by atoms with Crippen LogP contribution in [0.4, 0.5) is 13.2 Å². The van der Waals surface area contributed by atoms with Gasteiger partial charge in [-0.05, 0) is 6.07 Å². The molecule has 1 amide bonds. The number of aliphatic hydroxyl groups excluding tert-OH is 1. The normalized spacial score (nSPS) is 22.0. The van der Waals surface area contributed by atoms with Crippen LogP contribution in [-0.4, -0.2) is 46.3 Å². The van der Waals surface area contributed by atoms with Crippen molar-refractivity contribution in [3.05, 3.63) is 35.4 Å². The second-order valence-corrected chi connectivity index (χ2v) is 4.38. The van der Waals surface area contributed by atoms with Gasteiger partial charge in [0.25, 0.3) is 5.91 Å². The van der Waals surface area contributed by atoms with Crippen LogP contribution < -0.4 is 0 Å². The van der Waals surface area contributed by atoms with Crippen molar-refractivity contribution in [1.29, 1.82) is 0 Å². The first-order chi connectivity index (χ1) is 9.24. The summed E-state index contributed by atoms with van der Waals surface area (Å²) in [5.74, 6) is -2.77. The molecule has 0 fully saturated rings. The highest BCUT2D eigenvalue weighted by Gasteiger charge is 2.57. The van der Waals surface area contributed by atoms with Crippen LogP contribution in [0.2, 0.25) is 0 Å². The summed E-state index contributed by atoms with van der Waals surface area (Å²) in [5, 5.41) is 18.7. The first-order valence-corrected chi connectivity index (χ1v) is 5.56. The number of amides is 1. The summed E-state index contributed by atoms with van der Waals surface area (Å²) in [6.45, 7) is -2.88. The highest BCUT2D eigenvalue weighted by Crippen LogP contribution is 2.40. The minimum atomic E-state index is -4.77. The van der Waals surface area contributed by atoms with E-state index >= 15 is 0 Å². The number of fused-ring (bicyclic) bond motifs is 1. The van der Waals surface area contributed by atoms with Crippen LogP contribution >= 0.6 is 0 Å². The molecule has 5 nitrogen and oxygen atoms in total. The third kappa shape index (κ3) is 1.92. The lowest BCUT2D eigenvalue weighted by atomic mass is 9.90. The number of halogens is 3. The van der Waals surface area contributed by atoms with Gasteiger partial charge in [0.2, 0.25) is 0 Å². The van der Waals surface area contributed by atoms with Gasteiger partial charge in [0, 0.05) is 11.1 Å². The van der Waals surface area contributed by atoms with Gasteiger partial charge >= 0.3 is 12.1 Å². The Morgan fingerprint density at radius 3 is 2.40 bits per heavy atom. The molecule has 8 heteroatoms. The van der Waals surface area contributed by atoms with Crippen LogP contribution in [0.3, 0.4) is 0 Å². The zero-order valence-electron chi connectivity index (χ0n) is 10.0. The average molecular weight is 289 g/mol. The maximum absolute atomic E-state index is 12.6. The SMILES string of the molecule is O=C1c2ccccc2C(CO)(C(=O)O)N1CC(F)(F)F. The number of rotatable bonds is 3. The number of aliphatic carboxylic acids is 1. The van der Waals surface area contributed by atoms with Crippen molar-refractivity contribution in [2.24, 2.45) is 0 Å². The molecule has 1 heterocycles. The molecule has 1 aromatic carbocycles. The first kappa shape index (κ1) is 14.3. The number of benzene rings is 1. The van der Waals surface area contributed by atoms with Crippen LogP contribution in [0.5, 0.6) is 0 Å². The van der Waals surface area contributed by atoms with E-state index in [-0.39, 0.29) is 16.0 Å². The lowest BCUT2D eigenvalue weighted by Crippen LogP contribution is -2.55. The van der Waals surface area contributed by atoms with Crippen LogP contribution in [0.1, 0.15) is 15.9 Å². The Morgan fingerprint density at radius 1 is 1.30 bits per heavy atom. The van der Waals surface area contributed by atoms with Gasteiger partial charge in [-0.2, -0.15) is 13.2 Å². The fraction of sp³-hybridized carbons (Fsp3) is 0.333. The van der Waals surface area contributed by atoms with E-state index in [4.69, 9.17) is 0 Å². The maximum Gasteiger partial charge on any atom is 0.406 e. The number of nitrogens with zero attached hydrogens (tertiary/aromatic N) is 1. The van der Waals surface area contributed by atoms with Crippen molar-refractivity contribution in [1.82, 2.24) is 4.90 Å². The molecule has 1 unspecified atom stereocenters. The summed E-state index contributed by atoms with van der Waals surface area (Å²) < 4.78 is 37.7. The molecule has 0 saturated carbocycles. The molecule has 0 aliphatic carbocycles. The summed E-state index contributed by atoms with van der Waals surface area (Å²) in [6, 6.07) is 5.28. The number of hydrogen-bond donors (Lipinski definition) is 2. The number of alkyl halides is 3. The molecule has 108 valence electrons. The number of carbonyl (C=O) groups excluding carboxylic acids is 1. The molecule has 0 spiro atoms. The maximum atomic E-state index is 12.6. The molecule has 1 atom stereocenters. The van der Waals surface area contributed by atoms with Gasteiger partial charge in [0.05, 0.1) is 6.61 Å². The van der Waals surface area contributed by atoms with Gasteiger partial charge in [0.1, 0.15) is 6.54 Å². The molecular formula is C12H10F3NO4. The standard InChI is InChI=1S/C12H10F3NO4/c13-12(14,15)5-16-9(18)7-3-1-2-4-8(7)11(16,6-17)10(19)20/h1-4,17H,5-6H2,(H,19,20). The van der Waals surface area contributed by atoms with E-state index in [2.05, 4.69) is 0 Å². The molecule has 0 bridgehead atoms. The third-order valence-electron chi connectivity index (χ3n) is 3.23. The second-order valence-electron chi connectivity index (χ2n) is 4.38. The molecule has 1 aromatic rings. The quantitative estimate of drug-likeness (QED) is 0.869. The Kier molecular flexibility index (Phi) is 3.21. The third-order valence-corrected chi connectivity index (χ3v) is 3.23. The topological polar surface area (TPSA) is 77.8 Å². The largest absolute Gasteiger partial charge is 0.479 e. The fourth-order valence-corrected chi connectivity index (χ4v) is 2.35. The molecule has 0 saturated heterocycles. The molecule has 0 aromatic heterocycles. The zero-order valence-corrected chi connectivity index (χ0v) is 10.0. The fourth-order valence-electron chi connectivity index (χ4n) is 2.35. The van der Waals surface area contributed by atoms with E-state index < -0.39 is 36.7 Å². The van der Waals surface area contributed by atoms with Gasteiger partial charge in [-0.15, -0.1) is 0 Å². The van der Waals surface area contributed by atoms with E-state index in [1.54, 1.807) is 0 Å². The van der Waals surface area contributed by atoms with E-state index in [0.29, 0.717) is 0 Å². The highest BCUT2D eigenvalue weighted by molar-refractivity contribution is 6.05. The van der Waals surface area contributed by atoms with Gasteiger partial charge in [-0.3, -0.25) is 4.79 Å². The first-order valence-electron chi connectivity index (χ1n) is 5.56. The summed E-state index contributed by atoms with van der Waals surface area (Å²) in [5.41, 5.74) is -2.68. The average Bonchev–Trinajstić information content (AvgIpc) is 2.59. The van der Waals surface area contributed by atoms with E-state index in [1.165, 1.54) is 24.3 Å². The Bertz CT molecular complexity index is 572. The van der Waals surface area contributed by atoms with Gasteiger partial charge in [0.15, 0.2) is 5.54 Å². The minimum absolute atomic E-state index is 0.135. The van der Waals surface area contributed by atoms with Crippen molar-refractivity contribution in [3.8, 4) is 0 Å². The summed E-state index contributed by atoms with van der Waals surface area (Å²) >= 11 is 0. The predicted octanol–water partition coefficient (Wildman–Crippen LogP) is 0.977. The van der Waals surface area contributed by atoms with Crippen LogP contribution in [-0.2, 0) is 10.3 Å². The lowest BCUT2D eigenvalue weighted by molar-refractivity contribution is -0.170. The number of carboxylic acid groups (broad SMARTS) is 1. The van der Waals surface area contributed by atoms with E-state index in [1.807, 2.05) is 0 Å². The van der Waals surface area contributed by atoms with Crippen LogP contribution in [0, 0.1) is 0 Å². The number of carboxylic acids is 1. The summed E-state index contributed by atoms with van der Waals surface area (Å²) in [4.78, 5) is 23.6. The van der Waals surface area contributed by atoms with Crippen molar-refractivity contribution in [2.75, 3.05) is 13.2 Å². The van der Waals surface area contributed by atoms with Gasteiger partial charge < -0.3 is 15.1 Å². The Hall–Kier alpha value is -2.09. The van der Waals surface area contributed by atoms with E-state index in [0.717, 1.165) is 0 Å². The molecule has 20 heavy (non-hydrogen) atoms. The van der Waals surface area contributed by atoms with Gasteiger partial charge in [-0.25, -0.2) is 4.79 Å². The van der Waals surface area contributed by atoms with E-state index in [9.17, 15) is 33.0 Å². The van der Waals surface area contributed by atoms with Crippen LogP contribution in [0.15, 0.2) is 24.3 Å². The Balaban J connectivity index is 2.63. The van der Waals surface area contributed by atoms with Gasteiger partial charge in [-0.1, -0.05) is 18.2 Å². The number of carbonyl (C=O) groups is 2. The summed E-state index contributed by atoms with van der Waals surface area (Å²) in [7, 11) is 0. The van der Waals surface area contributed by atoms with Crippen molar-refractivity contribution in [3.63, 3.8) is 0 Å². The minimum Gasteiger partial charge on any atom is -0.479 e. The van der Waals surface area contributed by atoms with Crippen molar-refractivity contribution < 1.29 is 33.0 Å². The highest BCUT2D eigenvalue weighted by atomic mass is 19.4. The Labute approximate surface area is 111 Å². The zero-order chi connectivity index (χ0) is 15.1. The smallest absolute Gasteiger partial charge is 0.406 e. The lowest BCUT2D eigenvalue weighted by Gasteiger charge is -2.34. The molecular weight excluding hydrogens is 279 g/mol. The van der Waals surface area contributed by atoms with Crippen molar-refractivity contribution in [2.45, 2.75) is 11.7 Å². The monoisotopic (exact) mass is 289 g/mol. The number of aliphatic hydroxyl groups is 1. The van der Waals surface area contributed by atoms with Crippen molar-refractivity contribution >= 4 is 11.9 Å². The molecule has 0 radical (unpaired) electrons. The molecule has 1 aliphatic rings. The van der Waals surface area contributed by atoms with Crippen LogP contribution in [0.25, 0.3) is 0 Å².